The van der Waals surface area contributed by atoms with Gasteiger partial charge in [-0.3, -0.25) is 48.1 Å². The predicted octanol–water partition coefficient (Wildman–Crippen LogP) is 1.60. The molecule has 3 aromatic carbocycles. The molecule has 0 saturated heterocycles. The van der Waals surface area contributed by atoms with Crippen molar-refractivity contribution in [3.63, 3.8) is 0 Å². The first-order chi connectivity index (χ1) is 36.9. The second-order valence-corrected chi connectivity index (χ2v) is 19.4. The van der Waals surface area contributed by atoms with E-state index in [-0.39, 0.29) is 43.9 Å². The predicted molar refractivity (Wildman–Crippen MR) is 277 cm³/mol. The minimum Gasteiger partial charge on any atom is -0.445 e. The first-order valence-corrected chi connectivity index (χ1v) is 24.8. The minimum absolute atomic E-state index is 0.0703. The van der Waals surface area contributed by atoms with Crippen LogP contribution in [0.4, 0.5) is 13.6 Å². The zero-order chi connectivity index (χ0) is 57.3. The molecule has 5 atom stereocenters. The smallest absolute Gasteiger partial charge is 0.408 e. The number of amides is 10. The largest absolute Gasteiger partial charge is 0.445 e. The van der Waals surface area contributed by atoms with E-state index in [1.807, 2.05) is 30.3 Å². The highest BCUT2D eigenvalue weighted by Gasteiger charge is 2.39. The van der Waals surface area contributed by atoms with Crippen LogP contribution in [0.5, 0.6) is 0 Å². The Morgan fingerprint density at radius 2 is 1.32 bits per heavy atom. The normalized spacial score (nSPS) is 14.0. The van der Waals surface area contributed by atoms with Crippen LogP contribution in [0.2, 0.25) is 0 Å². The van der Waals surface area contributed by atoms with Crippen molar-refractivity contribution in [1.82, 2.24) is 46.3 Å². The number of aliphatic hydroxyl groups excluding tert-OH is 1. The number of carbonyl (C=O) groups excluding carboxylic acids is 10. The van der Waals surface area contributed by atoms with Crippen LogP contribution < -0.4 is 37.6 Å². The Morgan fingerprint density at radius 1 is 0.731 bits per heavy atom. The Morgan fingerprint density at radius 3 is 1.94 bits per heavy atom. The maximum absolute atomic E-state index is 15.4. The first-order valence-electron chi connectivity index (χ1n) is 24.8. The lowest BCUT2D eigenvalue weighted by atomic mass is 9.82. The Hall–Kier alpha value is -8.80. The molecule has 0 aliphatic carbocycles. The van der Waals surface area contributed by atoms with E-state index in [0.717, 1.165) is 35.9 Å². The number of primary amides is 1. The summed E-state index contributed by atoms with van der Waals surface area (Å²) in [5.74, 6) is -9.29. The summed E-state index contributed by atoms with van der Waals surface area (Å²) in [7, 11) is 0. The van der Waals surface area contributed by atoms with Gasteiger partial charge in [-0.05, 0) is 61.1 Å². The summed E-state index contributed by atoms with van der Waals surface area (Å²) in [6, 6.07) is 15.5. The molecule has 10 amide bonds. The number of nitrogens with one attached hydrogen (secondary N) is 6. The standard InChI is InChI=1S/C54H64F2N10O12/c1-32(60-49(73)33(2)61-53(77)78-31-35-14-10-7-11-15-35)50(74)63-41(26-43(57)68)52(76)62-40(51(75)59-22-21-58-44(69)29-66-45(70)18-19-46(66)71)20-23-65(47(72)30-67)48(54(3,4)5)42-24-36(38-25-37(55)16-17-39(38)56)28-64(42)27-34-12-8-6-9-13-34/h6-19,24-25,28,32-33,40-41,48,67H,20-23,26-27,29-31H2,1-5H3,(H2,57,68)(H,58,69)(H,59,75)(H,60,73)(H,61,77)(H,62,76)(H,63,74)/t32-,33-,40-,41-,48-/m0/s1. The van der Waals surface area contributed by atoms with Crippen LogP contribution in [-0.4, -0.2) is 136 Å². The molecular formula is C54H64F2N10O12. The van der Waals surface area contributed by atoms with Gasteiger partial charge in [0.2, 0.25) is 41.4 Å². The topological polar surface area (TPSA) is 310 Å². The van der Waals surface area contributed by atoms with Crippen molar-refractivity contribution in [2.45, 2.75) is 90.8 Å². The van der Waals surface area contributed by atoms with E-state index < -0.39 is 133 Å². The molecule has 1 aliphatic rings. The first kappa shape index (κ1) is 60.1. The quantitative estimate of drug-likeness (QED) is 0.0329. The Labute approximate surface area is 448 Å². The molecule has 416 valence electrons. The van der Waals surface area contributed by atoms with Gasteiger partial charge in [-0.1, -0.05) is 81.4 Å². The van der Waals surface area contributed by atoms with Crippen molar-refractivity contribution < 1.29 is 66.6 Å². The van der Waals surface area contributed by atoms with Gasteiger partial charge in [0.05, 0.1) is 12.5 Å². The van der Waals surface area contributed by atoms with Crippen molar-refractivity contribution in [3.8, 4) is 11.1 Å². The van der Waals surface area contributed by atoms with E-state index in [1.165, 1.54) is 18.7 Å². The highest BCUT2D eigenvalue weighted by atomic mass is 19.1. The van der Waals surface area contributed by atoms with Gasteiger partial charge < -0.3 is 56.9 Å². The lowest BCUT2D eigenvalue weighted by Gasteiger charge is -2.41. The molecule has 0 unspecified atom stereocenters. The Balaban J connectivity index is 1.39. The van der Waals surface area contributed by atoms with Crippen LogP contribution in [0.15, 0.2) is 103 Å². The van der Waals surface area contributed by atoms with Crippen LogP contribution in [0.1, 0.15) is 70.3 Å². The minimum atomic E-state index is -1.77. The third-order valence-corrected chi connectivity index (χ3v) is 12.2. The number of benzene rings is 3. The average Bonchev–Trinajstić information content (AvgIpc) is 3.96. The van der Waals surface area contributed by atoms with Crippen molar-refractivity contribution in [2.24, 2.45) is 11.1 Å². The van der Waals surface area contributed by atoms with Crippen LogP contribution in [0.3, 0.4) is 0 Å². The van der Waals surface area contributed by atoms with Gasteiger partial charge in [0.15, 0.2) is 0 Å². The molecule has 9 N–H and O–H groups in total. The number of aromatic nitrogens is 1. The maximum atomic E-state index is 15.4. The zero-order valence-corrected chi connectivity index (χ0v) is 43.7. The molecule has 0 bridgehead atoms. The summed E-state index contributed by atoms with van der Waals surface area (Å²) in [5.41, 5.74) is 6.70. The lowest BCUT2D eigenvalue weighted by molar-refractivity contribution is -0.141. The summed E-state index contributed by atoms with van der Waals surface area (Å²) in [6.45, 7) is 5.52. The van der Waals surface area contributed by atoms with Crippen molar-refractivity contribution in [3.05, 3.63) is 132 Å². The fourth-order valence-corrected chi connectivity index (χ4v) is 8.33. The number of nitrogens with two attached hydrogens (primary N) is 1. The SMILES string of the molecule is C[C@H](NC(=O)OCc1ccccc1)C(=O)N[C@@H](C)C(=O)N[C@@H](CC(N)=O)C(=O)N[C@@H](CCN(C(=O)CO)[C@@H](c1cc(-c2cc(F)ccc2F)cn1Cc1ccccc1)C(C)(C)C)C(=O)NCCNC(=O)CN1C(=O)C=CC1=O. The molecule has 78 heavy (non-hydrogen) atoms. The van der Waals surface area contributed by atoms with E-state index in [0.29, 0.717) is 16.2 Å². The number of carbonyl (C=O) groups is 10. The Kier molecular flexibility index (Phi) is 21.4. The van der Waals surface area contributed by atoms with E-state index in [1.54, 1.807) is 67.9 Å². The number of halogens is 2. The summed E-state index contributed by atoms with van der Waals surface area (Å²) < 4.78 is 36.9. The van der Waals surface area contributed by atoms with Gasteiger partial charge in [0.25, 0.3) is 11.8 Å². The fraction of sp³-hybridized carbons (Fsp3) is 0.370. The molecule has 2 heterocycles. The molecule has 24 heteroatoms. The number of ether oxygens (including phenoxy) is 1. The summed E-state index contributed by atoms with van der Waals surface area (Å²) in [6.07, 6.45) is 1.47. The van der Waals surface area contributed by atoms with Gasteiger partial charge >= 0.3 is 6.09 Å². The molecule has 22 nitrogen and oxygen atoms in total. The van der Waals surface area contributed by atoms with Crippen LogP contribution in [-0.2, 0) is 61.0 Å². The molecule has 1 aromatic heterocycles. The maximum Gasteiger partial charge on any atom is 0.408 e. The van der Waals surface area contributed by atoms with Crippen molar-refractivity contribution in [2.75, 3.05) is 32.8 Å². The van der Waals surface area contributed by atoms with Gasteiger partial charge in [0, 0.05) is 61.3 Å². The van der Waals surface area contributed by atoms with Gasteiger partial charge in [-0.2, -0.15) is 0 Å². The fourth-order valence-electron chi connectivity index (χ4n) is 8.33. The van der Waals surface area contributed by atoms with Crippen LogP contribution in [0.25, 0.3) is 11.1 Å². The van der Waals surface area contributed by atoms with Crippen molar-refractivity contribution in [1.29, 1.82) is 0 Å². The zero-order valence-electron chi connectivity index (χ0n) is 43.7. The third-order valence-electron chi connectivity index (χ3n) is 12.2. The van der Waals surface area contributed by atoms with E-state index in [4.69, 9.17) is 10.5 Å². The molecule has 4 aromatic rings. The Bertz CT molecular complexity index is 2860. The summed E-state index contributed by atoms with van der Waals surface area (Å²) in [4.78, 5) is 132. The van der Waals surface area contributed by atoms with E-state index in [2.05, 4.69) is 31.9 Å². The molecule has 0 spiro atoms. The average molecular weight is 1080 g/mol. The van der Waals surface area contributed by atoms with E-state index >= 15 is 4.39 Å². The molecular weight excluding hydrogens is 1020 g/mol. The summed E-state index contributed by atoms with van der Waals surface area (Å²) >= 11 is 0. The summed E-state index contributed by atoms with van der Waals surface area (Å²) in [5, 5.41) is 25.1. The van der Waals surface area contributed by atoms with Gasteiger partial charge in [-0.15, -0.1) is 0 Å². The lowest BCUT2D eigenvalue weighted by Crippen LogP contribution is -2.58. The van der Waals surface area contributed by atoms with Gasteiger partial charge in [-0.25, -0.2) is 13.6 Å². The third kappa shape index (κ3) is 17.4. The second kappa shape index (κ2) is 27.8. The van der Waals surface area contributed by atoms with E-state index in [9.17, 15) is 57.4 Å². The van der Waals surface area contributed by atoms with Crippen molar-refractivity contribution >= 4 is 59.3 Å². The van der Waals surface area contributed by atoms with Gasteiger partial charge in [0.1, 0.15) is 55.6 Å². The molecule has 1 aliphatic heterocycles. The second-order valence-electron chi connectivity index (χ2n) is 19.4. The highest BCUT2D eigenvalue weighted by molar-refractivity contribution is 6.14. The monoisotopic (exact) mass is 1080 g/mol. The number of hydrogen-bond acceptors (Lipinski definition) is 12. The number of hydrogen-bond donors (Lipinski definition) is 8. The van der Waals surface area contributed by atoms with Crippen LogP contribution in [0, 0.1) is 17.0 Å². The van der Waals surface area contributed by atoms with Crippen LogP contribution >= 0.6 is 0 Å². The molecule has 0 saturated carbocycles. The number of alkyl carbamates (subject to hydrolysis) is 1. The number of aliphatic hydroxyl groups is 1. The number of nitrogens with zero attached hydrogens (tertiary/aromatic N) is 3. The highest BCUT2D eigenvalue weighted by Crippen LogP contribution is 2.41. The molecule has 0 radical (unpaired) electrons. The molecule has 5 rings (SSSR count). The molecule has 0 fully saturated rings. The number of imide groups is 1. The number of rotatable bonds is 26.